The van der Waals surface area contributed by atoms with Gasteiger partial charge in [-0.15, -0.1) is 5.10 Å². The monoisotopic (exact) mass is 488 g/mol. The van der Waals surface area contributed by atoms with Gasteiger partial charge in [0.1, 0.15) is 12.3 Å². The van der Waals surface area contributed by atoms with Crippen LogP contribution < -0.4 is 0 Å². The number of aromatic nitrogens is 3. The number of aliphatic hydroxyl groups is 1. The van der Waals surface area contributed by atoms with Gasteiger partial charge < -0.3 is 14.7 Å². The molecule has 1 amide bonds. The average molecular weight is 489 g/mol. The first-order valence-electron chi connectivity index (χ1n) is 12.8. The lowest BCUT2D eigenvalue weighted by atomic mass is 9.85. The second-order valence-electron chi connectivity index (χ2n) is 9.75. The van der Waals surface area contributed by atoms with Gasteiger partial charge in [-0.05, 0) is 30.5 Å². The first-order chi connectivity index (χ1) is 17.6. The zero-order valence-corrected chi connectivity index (χ0v) is 20.3. The molecular weight excluding hydrogens is 456 g/mol. The number of piperidine rings is 1. The molecule has 3 atom stereocenters. The number of esters is 1. The van der Waals surface area contributed by atoms with Gasteiger partial charge in [-0.25, -0.2) is 9.48 Å². The van der Waals surface area contributed by atoms with Crippen LogP contribution >= 0.6 is 0 Å². The van der Waals surface area contributed by atoms with Gasteiger partial charge in [-0.1, -0.05) is 73.0 Å². The molecule has 188 valence electrons. The Hall–Kier alpha value is -3.52. The molecule has 1 saturated carbocycles. The van der Waals surface area contributed by atoms with E-state index in [2.05, 4.69) is 10.3 Å². The van der Waals surface area contributed by atoms with Crippen LogP contribution in [-0.2, 0) is 16.1 Å². The van der Waals surface area contributed by atoms with E-state index in [-0.39, 0.29) is 24.5 Å². The fourth-order valence-electron chi connectivity index (χ4n) is 5.38. The highest BCUT2D eigenvalue weighted by atomic mass is 16.5. The van der Waals surface area contributed by atoms with Crippen LogP contribution in [0.1, 0.15) is 72.2 Å². The highest BCUT2D eigenvalue weighted by Gasteiger charge is 2.41. The number of ether oxygens (including phenoxy) is 1. The number of rotatable bonds is 6. The van der Waals surface area contributed by atoms with Crippen molar-refractivity contribution in [2.75, 3.05) is 6.54 Å². The minimum atomic E-state index is -0.702. The molecule has 3 aromatic rings. The normalized spacial score (nSPS) is 22.8. The van der Waals surface area contributed by atoms with Crippen molar-refractivity contribution in [3.8, 4) is 0 Å². The van der Waals surface area contributed by atoms with Crippen LogP contribution in [0.5, 0.6) is 0 Å². The van der Waals surface area contributed by atoms with Crippen LogP contribution in [0, 0.1) is 5.92 Å². The average Bonchev–Trinajstić information content (AvgIpc) is 3.41. The summed E-state index contributed by atoms with van der Waals surface area (Å²) < 4.78 is 6.98. The lowest BCUT2D eigenvalue weighted by Gasteiger charge is -2.44. The van der Waals surface area contributed by atoms with Gasteiger partial charge in [0.15, 0.2) is 0 Å². The molecule has 1 saturated heterocycles. The number of amides is 1. The number of aliphatic hydroxyl groups excluding tert-OH is 1. The van der Waals surface area contributed by atoms with E-state index in [4.69, 9.17) is 4.74 Å². The van der Waals surface area contributed by atoms with E-state index in [1.807, 2.05) is 41.3 Å². The molecule has 0 spiro atoms. The molecule has 5 rings (SSSR count). The summed E-state index contributed by atoms with van der Waals surface area (Å²) in [7, 11) is 0. The third kappa shape index (κ3) is 5.33. The summed E-state index contributed by atoms with van der Waals surface area (Å²) in [5.41, 5.74) is 1.99. The van der Waals surface area contributed by atoms with Gasteiger partial charge in [0.25, 0.3) is 0 Å². The third-order valence-electron chi connectivity index (χ3n) is 7.35. The van der Waals surface area contributed by atoms with Crippen LogP contribution in [-0.4, -0.2) is 49.5 Å². The van der Waals surface area contributed by atoms with Gasteiger partial charge in [0.05, 0.1) is 29.9 Å². The lowest BCUT2D eigenvalue weighted by Crippen LogP contribution is -2.50. The molecule has 0 radical (unpaired) electrons. The summed E-state index contributed by atoms with van der Waals surface area (Å²) in [5, 5.41) is 19.5. The molecule has 2 heterocycles. The van der Waals surface area contributed by atoms with Crippen molar-refractivity contribution < 1.29 is 19.4 Å². The fraction of sp³-hybridized carbons (Fsp3) is 0.429. The standard InChI is InChI=1S/C28H32N4O4/c33-26-16-24(20-10-4-1-5-11-20)31(27(34)21-12-6-2-7-13-21)18-25(26)32-17-23(29-30-32)19-36-28(35)22-14-8-3-9-15-22/h1,3-5,8-11,14-15,17,21,24-26,33H,2,6-7,12-13,16,18-19H2/t24-,25-,26+/m1/s1. The Morgan fingerprint density at radius 2 is 1.67 bits per heavy atom. The van der Waals surface area contributed by atoms with Crippen molar-refractivity contribution >= 4 is 11.9 Å². The Balaban J connectivity index is 1.31. The zero-order valence-electron chi connectivity index (χ0n) is 20.3. The summed E-state index contributed by atoms with van der Waals surface area (Å²) in [6.07, 6.45) is 6.61. The Morgan fingerprint density at radius 1 is 0.972 bits per heavy atom. The summed E-state index contributed by atoms with van der Waals surface area (Å²) in [4.78, 5) is 27.9. The summed E-state index contributed by atoms with van der Waals surface area (Å²) >= 11 is 0. The van der Waals surface area contributed by atoms with E-state index in [0.717, 1.165) is 31.2 Å². The maximum absolute atomic E-state index is 13.7. The maximum atomic E-state index is 13.7. The number of nitrogens with zero attached hydrogens (tertiary/aromatic N) is 4. The van der Waals surface area contributed by atoms with E-state index in [9.17, 15) is 14.7 Å². The highest BCUT2D eigenvalue weighted by molar-refractivity contribution is 5.89. The predicted octanol–water partition coefficient (Wildman–Crippen LogP) is 4.09. The topological polar surface area (TPSA) is 97.5 Å². The molecule has 1 N–H and O–H groups in total. The molecule has 8 nitrogen and oxygen atoms in total. The SMILES string of the molecule is O=C(OCc1cn([C@@H]2CN(C(=O)C3CCCCC3)[C@@H](c3ccccc3)C[C@@H]2O)nn1)c1ccccc1. The Morgan fingerprint density at radius 3 is 2.39 bits per heavy atom. The molecule has 2 fully saturated rings. The van der Waals surface area contributed by atoms with Crippen molar-refractivity contribution in [3.63, 3.8) is 0 Å². The Kier molecular flexibility index (Phi) is 7.41. The lowest BCUT2D eigenvalue weighted by molar-refractivity contribution is -0.144. The molecule has 2 aromatic carbocycles. The molecule has 2 aliphatic rings. The second kappa shape index (κ2) is 11.0. The Bertz CT molecular complexity index is 1160. The predicted molar refractivity (Wildman–Crippen MR) is 133 cm³/mol. The summed E-state index contributed by atoms with van der Waals surface area (Å²) in [5.74, 6) is -0.236. The number of carbonyl (C=O) groups excluding carboxylic acids is 2. The molecule has 36 heavy (non-hydrogen) atoms. The van der Waals surface area contributed by atoms with Crippen molar-refractivity contribution in [1.29, 1.82) is 0 Å². The molecule has 0 bridgehead atoms. The number of benzene rings is 2. The highest BCUT2D eigenvalue weighted by Crippen LogP contribution is 2.38. The van der Waals surface area contributed by atoms with Gasteiger partial charge in [-0.2, -0.15) is 0 Å². The van der Waals surface area contributed by atoms with Crippen molar-refractivity contribution in [2.24, 2.45) is 5.92 Å². The minimum absolute atomic E-state index is 0.0199. The molecule has 0 unspecified atom stereocenters. The first kappa shape index (κ1) is 24.2. The molecule has 8 heteroatoms. The van der Waals surface area contributed by atoms with Crippen molar-refractivity contribution in [2.45, 2.75) is 63.3 Å². The van der Waals surface area contributed by atoms with Crippen molar-refractivity contribution in [3.05, 3.63) is 83.7 Å². The fourth-order valence-corrected chi connectivity index (χ4v) is 5.38. The van der Waals surface area contributed by atoms with E-state index in [1.165, 1.54) is 6.42 Å². The third-order valence-corrected chi connectivity index (χ3v) is 7.35. The van der Waals surface area contributed by atoms with E-state index in [1.54, 1.807) is 35.1 Å². The summed E-state index contributed by atoms with van der Waals surface area (Å²) in [6.45, 7) is 0.330. The molecule has 1 aromatic heterocycles. The minimum Gasteiger partial charge on any atom is -0.455 e. The van der Waals surface area contributed by atoms with Crippen LogP contribution in [0.4, 0.5) is 0 Å². The number of likely N-dealkylation sites (tertiary alicyclic amines) is 1. The van der Waals surface area contributed by atoms with Crippen LogP contribution in [0.25, 0.3) is 0 Å². The molecular formula is C28H32N4O4. The van der Waals surface area contributed by atoms with E-state index >= 15 is 0 Å². The van der Waals surface area contributed by atoms with Crippen molar-refractivity contribution in [1.82, 2.24) is 19.9 Å². The number of hydrogen-bond acceptors (Lipinski definition) is 6. The largest absolute Gasteiger partial charge is 0.455 e. The van der Waals surface area contributed by atoms with Gasteiger partial charge in [-0.3, -0.25) is 4.79 Å². The number of hydrogen-bond donors (Lipinski definition) is 1. The quantitative estimate of drug-likeness (QED) is 0.525. The van der Waals surface area contributed by atoms with E-state index < -0.39 is 18.1 Å². The molecule has 1 aliphatic carbocycles. The summed E-state index contributed by atoms with van der Waals surface area (Å²) in [6, 6.07) is 18.1. The van der Waals surface area contributed by atoms with Crippen LogP contribution in [0.2, 0.25) is 0 Å². The first-order valence-corrected chi connectivity index (χ1v) is 12.8. The zero-order chi connectivity index (χ0) is 24.9. The second-order valence-corrected chi connectivity index (χ2v) is 9.75. The van der Waals surface area contributed by atoms with E-state index in [0.29, 0.717) is 24.2 Å². The van der Waals surface area contributed by atoms with Gasteiger partial charge in [0.2, 0.25) is 5.91 Å². The Labute approximate surface area is 210 Å². The molecule has 1 aliphatic heterocycles. The smallest absolute Gasteiger partial charge is 0.338 e. The van der Waals surface area contributed by atoms with Crippen LogP contribution in [0.3, 0.4) is 0 Å². The maximum Gasteiger partial charge on any atom is 0.338 e. The van der Waals surface area contributed by atoms with Gasteiger partial charge in [0, 0.05) is 18.9 Å². The van der Waals surface area contributed by atoms with Crippen LogP contribution in [0.15, 0.2) is 66.9 Å². The number of carbonyl (C=O) groups is 2. The van der Waals surface area contributed by atoms with Gasteiger partial charge >= 0.3 is 5.97 Å².